The second-order valence-corrected chi connectivity index (χ2v) is 13.4. The molecule has 0 N–H and O–H groups in total. The molecule has 2 rings (SSSR count). The molecule has 9 nitrogen and oxygen atoms in total. The normalized spacial score (nSPS) is 11.8. The van der Waals surface area contributed by atoms with E-state index in [0.717, 1.165) is 0 Å². The van der Waals surface area contributed by atoms with Crippen LogP contribution in [-0.2, 0) is 34.0 Å². The van der Waals surface area contributed by atoms with Crippen LogP contribution in [0.1, 0.15) is 44.2 Å². The van der Waals surface area contributed by atoms with Crippen molar-refractivity contribution in [2.75, 3.05) is 67.4 Å². The molecule has 13 heteroatoms. The molecule has 0 aliphatic heterocycles. The number of benzene rings is 2. The van der Waals surface area contributed by atoms with Gasteiger partial charge in [0.2, 0.25) is 0 Å². The van der Waals surface area contributed by atoms with Crippen LogP contribution in [0.15, 0.2) is 48.5 Å². The first-order valence-corrected chi connectivity index (χ1v) is 16.4. The van der Waals surface area contributed by atoms with Gasteiger partial charge in [0.05, 0.1) is 25.9 Å². The van der Waals surface area contributed by atoms with Crippen LogP contribution < -0.4 is 0 Å². The molecule has 2 aromatic rings. The summed E-state index contributed by atoms with van der Waals surface area (Å²) in [7, 11) is 9.42. The maximum Gasteiger partial charge on any atom is 2.00 e. The van der Waals surface area contributed by atoms with Crippen LogP contribution in [0.4, 0.5) is 0 Å². The Morgan fingerprint density at radius 3 is 1.50 bits per heavy atom. The number of esters is 3. The van der Waals surface area contributed by atoms with Gasteiger partial charge in [0.1, 0.15) is 0 Å². The van der Waals surface area contributed by atoms with Gasteiger partial charge < -0.3 is 30.9 Å². The molecule has 0 saturated heterocycles. The first kappa shape index (κ1) is 52.2. The minimum absolute atomic E-state index is 0. The predicted octanol–water partition coefficient (Wildman–Crippen LogP) is 5.43. The summed E-state index contributed by atoms with van der Waals surface area (Å²) in [6, 6.07) is 22.4. The first-order valence-electron chi connectivity index (χ1n) is 14.9. The van der Waals surface area contributed by atoms with Gasteiger partial charge >= 0.3 is 80.1 Å². The van der Waals surface area contributed by atoms with Gasteiger partial charge in [-0.3, -0.25) is 24.4 Å². The topological polar surface area (TPSA) is 88.6 Å². The molecule has 2 aromatic carbocycles. The fraction of sp³-hybridized carbons (Fsp3) is 0.514. The van der Waals surface area contributed by atoms with E-state index in [4.69, 9.17) is 25.8 Å². The zero-order chi connectivity index (χ0) is 35.1. The van der Waals surface area contributed by atoms with Crippen molar-refractivity contribution in [1.29, 1.82) is 0 Å². The van der Waals surface area contributed by atoms with Gasteiger partial charge in [-0.05, 0) is 46.8 Å². The van der Waals surface area contributed by atoms with Crippen LogP contribution >= 0.6 is 34.5 Å². The molecule has 0 aliphatic carbocycles. The van der Waals surface area contributed by atoms with E-state index in [2.05, 4.69) is 87.0 Å². The van der Waals surface area contributed by atoms with Crippen molar-refractivity contribution in [3.8, 4) is 0 Å². The average Bonchev–Trinajstić information content (AvgIpc) is 3.02. The molecule has 0 radical (unpaired) electrons. The molecule has 0 saturated carbocycles. The Bertz CT molecular complexity index is 1070. The fourth-order valence-corrected chi connectivity index (χ4v) is 3.77. The van der Waals surface area contributed by atoms with Crippen LogP contribution in [-0.4, -0.2) is 110 Å². The molecule has 2 atom stereocenters. The van der Waals surface area contributed by atoms with Crippen molar-refractivity contribution in [2.45, 2.75) is 50.7 Å². The molecule has 48 heavy (non-hydrogen) atoms. The minimum Gasteiger partial charge on any atom is -0.494 e. The van der Waals surface area contributed by atoms with Gasteiger partial charge in [0, 0.05) is 54.5 Å². The summed E-state index contributed by atoms with van der Waals surface area (Å²) in [4.78, 5) is 37.5. The molecule has 0 fully saturated rings. The Labute approximate surface area is 356 Å². The van der Waals surface area contributed by atoms with Crippen molar-refractivity contribution in [1.82, 2.24) is 12.9 Å². The number of halogens is 2. The number of rotatable bonds is 16. The molecule has 0 heterocycles. The Balaban J connectivity index is -0.000000635. The van der Waals surface area contributed by atoms with Crippen LogP contribution in [0, 0.1) is 88.2 Å². The largest absolute Gasteiger partial charge is 2.00 e. The SMILES string of the molecule is CC(C)(c1cc[c-]cc1)c1cc[c-]cc1.[CH2-]C(CCl)OC(=O)CCN(C)C.[CH2-]C(COC(=O)CCN(C)C)OC(=O)CCN(C)I.[U+2].[U+2]. The summed E-state index contributed by atoms with van der Waals surface area (Å²) >= 11 is 7.49. The van der Waals surface area contributed by atoms with Crippen molar-refractivity contribution in [3.05, 3.63) is 85.6 Å². The quantitative estimate of drug-likeness (QED) is 0.0546. The van der Waals surface area contributed by atoms with Gasteiger partial charge in [-0.1, -0.05) is 13.8 Å². The number of alkyl halides is 1. The second kappa shape index (κ2) is 30.5. The summed E-state index contributed by atoms with van der Waals surface area (Å²) in [5, 5.41) is 0. The number of hydrogen-bond acceptors (Lipinski definition) is 9. The van der Waals surface area contributed by atoms with Crippen LogP contribution in [0.5, 0.6) is 0 Å². The van der Waals surface area contributed by atoms with Gasteiger partial charge in [-0.25, -0.2) is 0 Å². The molecule has 0 amide bonds. The van der Waals surface area contributed by atoms with E-state index in [0.29, 0.717) is 38.9 Å². The third-order valence-corrected chi connectivity index (χ3v) is 7.06. The summed E-state index contributed by atoms with van der Waals surface area (Å²) in [6.45, 7) is 13.5. The molecular weight excluding hydrogens is 1200 g/mol. The van der Waals surface area contributed by atoms with E-state index in [9.17, 15) is 14.4 Å². The van der Waals surface area contributed by atoms with Crippen LogP contribution in [0.25, 0.3) is 0 Å². The van der Waals surface area contributed by atoms with Gasteiger partial charge in [0.25, 0.3) is 0 Å². The Morgan fingerprint density at radius 1 is 0.750 bits per heavy atom. The summed E-state index contributed by atoms with van der Waals surface area (Å²) in [5.74, 6) is -0.657. The van der Waals surface area contributed by atoms with E-state index in [1.54, 1.807) is 0 Å². The smallest absolute Gasteiger partial charge is 0.494 e. The number of carbonyl (C=O) groups is 3. The van der Waals surface area contributed by atoms with Crippen LogP contribution in [0.3, 0.4) is 0 Å². The molecule has 0 bridgehead atoms. The van der Waals surface area contributed by atoms with E-state index in [-0.39, 0.29) is 98.0 Å². The van der Waals surface area contributed by atoms with Crippen LogP contribution in [0.2, 0.25) is 0 Å². The molecule has 0 aromatic heterocycles. The Kier molecular flexibility index (Phi) is 33.2. The van der Waals surface area contributed by atoms with Crippen molar-refractivity contribution >= 4 is 52.4 Å². The minimum atomic E-state index is -0.657. The molecule has 0 aliphatic rings. The molecular formula is C35H51ClIN3O6U2. The van der Waals surface area contributed by atoms with E-state index >= 15 is 0 Å². The monoisotopic (exact) mass is 1250 g/mol. The Hall–Kier alpha value is -0.146. The summed E-state index contributed by atoms with van der Waals surface area (Å²) < 4.78 is 16.7. The third kappa shape index (κ3) is 27.6. The molecule has 2 unspecified atom stereocenters. The van der Waals surface area contributed by atoms with E-state index in [1.165, 1.54) is 11.1 Å². The third-order valence-electron chi connectivity index (χ3n) is 6.23. The second-order valence-electron chi connectivity index (χ2n) is 11.4. The van der Waals surface area contributed by atoms with Crippen molar-refractivity contribution in [2.24, 2.45) is 0 Å². The van der Waals surface area contributed by atoms with Crippen molar-refractivity contribution < 1.29 is 90.8 Å². The van der Waals surface area contributed by atoms with Gasteiger partial charge in [-0.15, -0.1) is 22.7 Å². The first-order chi connectivity index (χ1) is 21.6. The Morgan fingerprint density at radius 2 is 1.12 bits per heavy atom. The number of carbonyl (C=O) groups excluding carboxylic acids is 3. The van der Waals surface area contributed by atoms with E-state index < -0.39 is 12.2 Å². The number of ether oxygens (including phenoxy) is 3. The summed E-state index contributed by atoms with van der Waals surface area (Å²) in [5.41, 5.74) is 2.67. The summed E-state index contributed by atoms with van der Waals surface area (Å²) in [6.07, 6.45) is -0.0971. The maximum absolute atomic E-state index is 11.4. The van der Waals surface area contributed by atoms with Gasteiger partial charge in [-0.2, -0.15) is 60.7 Å². The van der Waals surface area contributed by atoms with E-state index in [1.807, 2.05) is 72.4 Å². The molecule has 0 spiro atoms. The van der Waals surface area contributed by atoms with Gasteiger partial charge in [0.15, 0.2) is 0 Å². The number of nitrogens with zero attached hydrogens (tertiary/aromatic N) is 3. The fourth-order valence-electron chi connectivity index (χ4n) is 3.46. The maximum atomic E-state index is 11.4. The predicted molar refractivity (Wildman–Crippen MR) is 192 cm³/mol. The standard InChI is InChI=1S/C15H14.C12H22IN2O4.C8H15ClNO2.2U/c1-15(2,13-9-5-3-6-10-13)14-11-7-4-8-12-14;1-10(19-12(17)6-8-15(4)13)9-18-11(16)5-7-14(2)3;1-7(6-9)12-8(11)4-5-10(2)3;;/h5-12H,1-2H3;10H,1,5-9H2,2-4H3;7H,1,4-6H2,2-3H3;;/q-2;2*-1;2*+2. The zero-order valence-electron chi connectivity index (χ0n) is 29.4. The van der Waals surface area contributed by atoms with Crippen molar-refractivity contribution in [3.63, 3.8) is 0 Å². The molecule has 264 valence electrons. The number of hydrogen-bond donors (Lipinski definition) is 0. The average molecular weight is 1250 g/mol. The zero-order valence-corrected chi connectivity index (χ0v) is 40.6.